The van der Waals surface area contributed by atoms with Crippen LogP contribution in [0.1, 0.15) is 19.4 Å². The van der Waals surface area contributed by atoms with E-state index in [2.05, 4.69) is 0 Å². The minimum absolute atomic E-state index is 0.0269. The molecular formula is C20H23FN2O7S. The van der Waals surface area contributed by atoms with Crippen molar-refractivity contribution in [1.29, 1.82) is 0 Å². The molecule has 0 aliphatic carbocycles. The lowest BCUT2D eigenvalue weighted by molar-refractivity contribution is -0.151. The number of nitrogens with one attached hydrogen (secondary N) is 1. The SMILES string of the molecule is C[C@H]1CN(S(=O)(=O)c2ccc(OCc3ccc(F)cc3)cc2)[C@H](OC(=O)NO)[C@@H](C)O1. The van der Waals surface area contributed by atoms with Crippen LogP contribution in [0.3, 0.4) is 0 Å². The van der Waals surface area contributed by atoms with Gasteiger partial charge in [0.1, 0.15) is 24.3 Å². The number of rotatable bonds is 6. The lowest BCUT2D eigenvalue weighted by Crippen LogP contribution is -2.57. The molecule has 2 aromatic carbocycles. The molecule has 1 heterocycles. The van der Waals surface area contributed by atoms with Gasteiger partial charge >= 0.3 is 6.09 Å². The number of carbonyl (C=O) groups is 1. The Bertz CT molecular complexity index is 999. The molecular weight excluding hydrogens is 431 g/mol. The summed E-state index contributed by atoms with van der Waals surface area (Å²) in [6, 6.07) is 11.6. The van der Waals surface area contributed by atoms with Crippen molar-refractivity contribution in [1.82, 2.24) is 9.79 Å². The lowest BCUT2D eigenvalue weighted by atomic mass is 10.2. The number of nitrogens with zero attached hydrogens (tertiary/aromatic N) is 1. The highest BCUT2D eigenvalue weighted by Crippen LogP contribution is 2.28. The summed E-state index contributed by atoms with van der Waals surface area (Å²) in [4.78, 5) is 11.4. The van der Waals surface area contributed by atoms with Crippen LogP contribution in [-0.4, -0.2) is 49.0 Å². The molecule has 3 rings (SSSR count). The second-order valence-corrected chi connectivity index (χ2v) is 8.91. The normalized spacial score (nSPS) is 22.0. The van der Waals surface area contributed by atoms with E-state index in [4.69, 9.17) is 19.4 Å². The zero-order valence-electron chi connectivity index (χ0n) is 16.9. The van der Waals surface area contributed by atoms with Crippen molar-refractivity contribution in [3.63, 3.8) is 0 Å². The topological polar surface area (TPSA) is 114 Å². The third kappa shape index (κ3) is 5.50. The Labute approximate surface area is 179 Å². The quantitative estimate of drug-likeness (QED) is 0.509. The lowest BCUT2D eigenvalue weighted by Gasteiger charge is -2.40. The van der Waals surface area contributed by atoms with Crippen LogP contribution in [0, 0.1) is 5.82 Å². The van der Waals surface area contributed by atoms with E-state index >= 15 is 0 Å². The molecule has 0 radical (unpaired) electrons. The number of carbonyl (C=O) groups excluding carboxylic acids is 1. The molecule has 0 saturated carbocycles. The zero-order valence-corrected chi connectivity index (χ0v) is 17.7. The van der Waals surface area contributed by atoms with E-state index in [1.807, 2.05) is 0 Å². The average molecular weight is 454 g/mol. The van der Waals surface area contributed by atoms with E-state index < -0.39 is 34.6 Å². The zero-order chi connectivity index (χ0) is 22.6. The van der Waals surface area contributed by atoms with Crippen LogP contribution in [0.15, 0.2) is 53.4 Å². The summed E-state index contributed by atoms with van der Waals surface area (Å²) in [5, 5.41) is 8.72. The highest BCUT2D eigenvalue weighted by Gasteiger charge is 2.43. The van der Waals surface area contributed by atoms with Gasteiger partial charge in [-0.2, -0.15) is 4.31 Å². The van der Waals surface area contributed by atoms with Gasteiger partial charge < -0.3 is 14.2 Å². The van der Waals surface area contributed by atoms with Crippen LogP contribution < -0.4 is 10.2 Å². The number of halogens is 1. The van der Waals surface area contributed by atoms with E-state index in [1.165, 1.54) is 41.9 Å². The molecule has 1 saturated heterocycles. The van der Waals surface area contributed by atoms with Crippen LogP contribution >= 0.6 is 0 Å². The van der Waals surface area contributed by atoms with Crippen LogP contribution in [0.2, 0.25) is 0 Å². The number of hydroxylamine groups is 1. The summed E-state index contributed by atoms with van der Waals surface area (Å²) in [5.74, 6) is 0.0864. The first-order valence-corrected chi connectivity index (χ1v) is 10.9. The van der Waals surface area contributed by atoms with Crippen molar-refractivity contribution in [3.05, 3.63) is 59.9 Å². The first-order chi connectivity index (χ1) is 14.7. The van der Waals surface area contributed by atoms with Crippen LogP contribution in [-0.2, 0) is 26.1 Å². The van der Waals surface area contributed by atoms with Crippen molar-refractivity contribution in [2.75, 3.05) is 6.54 Å². The summed E-state index contributed by atoms with van der Waals surface area (Å²) in [7, 11) is -4.05. The van der Waals surface area contributed by atoms with Crippen LogP contribution in [0.4, 0.5) is 9.18 Å². The molecule has 9 nitrogen and oxygen atoms in total. The Kier molecular flexibility index (Phi) is 7.11. The molecule has 0 bridgehead atoms. The van der Waals surface area contributed by atoms with Gasteiger partial charge in [-0.05, 0) is 55.8 Å². The first-order valence-electron chi connectivity index (χ1n) is 9.46. The number of morpholine rings is 1. The Hall–Kier alpha value is -2.73. The number of amides is 1. The number of sulfonamides is 1. The largest absolute Gasteiger partial charge is 0.489 e. The summed E-state index contributed by atoms with van der Waals surface area (Å²) in [6.45, 7) is 3.42. The molecule has 3 atom stereocenters. The van der Waals surface area contributed by atoms with Gasteiger partial charge in [0.15, 0.2) is 6.23 Å². The smallest absolute Gasteiger partial charge is 0.432 e. The Morgan fingerprint density at radius 1 is 1.19 bits per heavy atom. The van der Waals surface area contributed by atoms with E-state index in [0.29, 0.717) is 5.75 Å². The highest BCUT2D eigenvalue weighted by atomic mass is 32.2. The van der Waals surface area contributed by atoms with Gasteiger partial charge in [-0.3, -0.25) is 5.21 Å². The number of ether oxygens (including phenoxy) is 3. The summed E-state index contributed by atoms with van der Waals surface area (Å²) in [5.41, 5.74) is 2.08. The van der Waals surface area contributed by atoms with E-state index in [0.717, 1.165) is 9.87 Å². The van der Waals surface area contributed by atoms with Gasteiger partial charge in [0, 0.05) is 6.54 Å². The fourth-order valence-corrected chi connectivity index (χ4v) is 4.83. The van der Waals surface area contributed by atoms with Crippen molar-refractivity contribution >= 4 is 16.1 Å². The van der Waals surface area contributed by atoms with Gasteiger partial charge in [0.2, 0.25) is 10.0 Å². The van der Waals surface area contributed by atoms with Gasteiger partial charge in [-0.1, -0.05) is 12.1 Å². The predicted molar refractivity (Wildman–Crippen MR) is 106 cm³/mol. The first kappa shape index (κ1) is 22.9. The molecule has 1 fully saturated rings. The van der Waals surface area contributed by atoms with E-state index in [9.17, 15) is 17.6 Å². The Morgan fingerprint density at radius 3 is 2.45 bits per heavy atom. The fraction of sp³-hybridized carbons (Fsp3) is 0.350. The number of hydrogen-bond acceptors (Lipinski definition) is 7. The van der Waals surface area contributed by atoms with Gasteiger partial charge in [0.05, 0.1) is 11.0 Å². The van der Waals surface area contributed by atoms with Crippen molar-refractivity contribution in [2.45, 2.75) is 43.8 Å². The third-order valence-electron chi connectivity index (χ3n) is 4.64. The Balaban J connectivity index is 1.76. The standard InChI is InChI=1S/C20H23FN2O7S/c1-13-11-23(19(14(2)29-13)30-20(24)22-25)31(26,27)18-9-7-17(8-10-18)28-12-15-3-5-16(21)6-4-15/h3-10,13-14,19,25H,11-12H2,1-2H3,(H,22,24)/t13-,14+,19+/m0/s1. The monoisotopic (exact) mass is 454 g/mol. The summed E-state index contributed by atoms with van der Waals surface area (Å²) >= 11 is 0. The van der Waals surface area contributed by atoms with Gasteiger partial charge in [-0.15, -0.1) is 0 Å². The van der Waals surface area contributed by atoms with Gasteiger partial charge in [0.25, 0.3) is 0 Å². The highest BCUT2D eigenvalue weighted by molar-refractivity contribution is 7.89. The van der Waals surface area contributed by atoms with Crippen LogP contribution in [0.5, 0.6) is 5.75 Å². The maximum absolute atomic E-state index is 13.2. The molecule has 0 spiro atoms. The number of hydrogen-bond donors (Lipinski definition) is 2. The van der Waals surface area contributed by atoms with Gasteiger partial charge in [-0.25, -0.2) is 23.1 Å². The average Bonchev–Trinajstić information content (AvgIpc) is 2.75. The molecule has 31 heavy (non-hydrogen) atoms. The molecule has 1 aliphatic heterocycles. The summed E-state index contributed by atoms with van der Waals surface area (Å²) < 4.78 is 56.6. The molecule has 11 heteroatoms. The second kappa shape index (κ2) is 9.60. The number of benzene rings is 2. The predicted octanol–water partition coefficient (Wildman–Crippen LogP) is 2.64. The van der Waals surface area contributed by atoms with Crippen LogP contribution in [0.25, 0.3) is 0 Å². The molecule has 0 aromatic heterocycles. The fourth-order valence-electron chi connectivity index (χ4n) is 3.18. The molecule has 0 unspecified atom stereocenters. The minimum Gasteiger partial charge on any atom is -0.489 e. The second-order valence-electron chi connectivity index (χ2n) is 7.02. The molecule has 2 N–H and O–H groups in total. The maximum Gasteiger partial charge on any atom is 0.432 e. The molecule has 1 aliphatic rings. The van der Waals surface area contributed by atoms with E-state index in [-0.39, 0.29) is 23.9 Å². The Morgan fingerprint density at radius 2 is 1.84 bits per heavy atom. The molecule has 168 valence electrons. The molecule has 2 aromatic rings. The van der Waals surface area contributed by atoms with Crippen molar-refractivity contribution in [3.8, 4) is 5.75 Å². The molecule has 1 amide bonds. The maximum atomic E-state index is 13.2. The van der Waals surface area contributed by atoms with Crippen molar-refractivity contribution in [2.24, 2.45) is 0 Å². The summed E-state index contributed by atoms with van der Waals surface area (Å²) in [6.07, 6.45) is -3.64. The minimum atomic E-state index is -4.05. The third-order valence-corrected chi connectivity index (χ3v) is 6.48. The van der Waals surface area contributed by atoms with E-state index in [1.54, 1.807) is 26.0 Å². The van der Waals surface area contributed by atoms with Crippen molar-refractivity contribution < 1.29 is 37.0 Å².